The summed E-state index contributed by atoms with van der Waals surface area (Å²) in [6.07, 6.45) is 3.98. The number of pyridine rings is 1. The molecule has 2 aromatic carbocycles. The fraction of sp³-hybridized carbons (Fsp3) is 0.207. The van der Waals surface area contributed by atoms with Crippen LogP contribution in [-0.4, -0.2) is 40.5 Å². The van der Waals surface area contributed by atoms with Gasteiger partial charge in [-0.15, -0.1) is 0 Å². The lowest BCUT2D eigenvalue weighted by molar-refractivity contribution is -0.125. The van der Waals surface area contributed by atoms with Gasteiger partial charge in [-0.1, -0.05) is 47.5 Å². The maximum absolute atomic E-state index is 14.8. The lowest BCUT2D eigenvalue weighted by Crippen LogP contribution is -2.48. The molecule has 10 heteroatoms. The third-order valence-electron chi connectivity index (χ3n) is 6.19. The van der Waals surface area contributed by atoms with Crippen molar-refractivity contribution in [2.75, 3.05) is 11.9 Å². The molecule has 1 aromatic heterocycles. The minimum Gasteiger partial charge on any atom is -0.493 e. The highest BCUT2D eigenvalue weighted by molar-refractivity contribution is 6.39. The average Bonchev–Trinajstić information content (AvgIpc) is 3.04. The van der Waals surface area contributed by atoms with E-state index in [1.165, 1.54) is 17.2 Å². The van der Waals surface area contributed by atoms with Crippen LogP contribution >= 0.6 is 23.2 Å². The molecule has 200 valence electrons. The van der Waals surface area contributed by atoms with Crippen LogP contribution in [0.5, 0.6) is 5.75 Å². The fourth-order valence-electron chi connectivity index (χ4n) is 4.54. The largest absolute Gasteiger partial charge is 0.493 e. The molecular weight excluding hydrogens is 542 g/mol. The van der Waals surface area contributed by atoms with Gasteiger partial charge >= 0.3 is 0 Å². The summed E-state index contributed by atoms with van der Waals surface area (Å²) in [4.78, 5) is 24.1. The summed E-state index contributed by atoms with van der Waals surface area (Å²) in [6.45, 7) is 4.13. The summed E-state index contributed by atoms with van der Waals surface area (Å²) < 4.78 is 26.9. The number of fused-ring (bicyclic) bond motifs is 1. The predicted molar refractivity (Wildman–Crippen MR) is 150 cm³/mol. The van der Waals surface area contributed by atoms with E-state index >= 15 is 0 Å². The molecule has 0 aliphatic carbocycles. The Morgan fingerprint density at radius 2 is 1.97 bits per heavy atom. The molecule has 0 radical (unpaired) electrons. The number of aromatic nitrogens is 1. The normalized spacial score (nSPS) is 18.8. The number of aliphatic imine (C=N–C) groups is 1. The maximum Gasteiger partial charge on any atom is 0.269 e. The van der Waals surface area contributed by atoms with Crippen molar-refractivity contribution >= 4 is 40.5 Å². The van der Waals surface area contributed by atoms with Crippen LogP contribution in [0.15, 0.2) is 89.6 Å². The number of rotatable bonds is 7. The molecule has 0 bridgehead atoms. The van der Waals surface area contributed by atoms with E-state index in [1.54, 1.807) is 49.6 Å². The second kappa shape index (κ2) is 11.6. The number of benzene rings is 2. The van der Waals surface area contributed by atoms with E-state index in [0.29, 0.717) is 50.5 Å². The molecule has 39 heavy (non-hydrogen) atoms. The van der Waals surface area contributed by atoms with Crippen LogP contribution in [-0.2, 0) is 16.1 Å². The Kier molecular flexibility index (Phi) is 7.97. The summed E-state index contributed by atoms with van der Waals surface area (Å²) in [6, 6.07) is 14.1. The molecule has 0 fully saturated rings. The number of halogens is 3. The highest BCUT2D eigenvalue weighted by atomic mass is 35.5. The first-order valence-electron chi connectivity index (χ1n) is 12.3. The zero-order valence-electron chi connectivity index (χ0n) is 21.2. The number of carbonyl (C=O) groups excluding carboxylic acids is 1. The standard InChI is InChI=1S/C29H25Cl2FN4O3/c1-3-38-24-13-19(30)12-22(31)25(24)26-21-8-4-5-9-23(21)34-28(37)27(35-26)36-15-20(32)11-17(2)29(36)39-16-18-7-6-10-33-14-18/h4-15,27,29H,3,16H2,1-2H3,(H,34,37). The maximum atomic E-state index is 14.8. The second-order valence-electron chi connectivity index (χ2n) is 8.95. The van der Waals surface area contributed by atoms with Gasteiger partial charge in [0.2, 0.25) is 6.17 Å². The number of amides is 1. The van der Waals surface area contributed by atoms with Crippen molar-refractivity contribution in [1.29, 1.82) is 0 Å². The molecule has 2 atom stereocenters. The van der Waals surface area contributed by atoms with Crippen molar-refractivity contribution in [2.45, 2.75) is 32.8 Å². The van der Waals surface area contributed by atoms with Crippen LogP contribution in [0, 0.1) is 0 Å². The van der Waals surface area contributed by atoms with Crippen LogP contribution in [0.3, 0.4) is 0 Å². The van der Waals surface area contributed by atoms with Crippen molar-refractivity contribution in [1.82, 2.24) is 9.88 Å². The fourth-order valence-corrected chi connectivity index (χ4v) is 5.11. The first kappa shape index (κ1) is 26.9. The Labute approximate surface area is 235 Å². The summed E-state index contributed by atoms with van der Waals surface area (Å²) in [5, 5.41) is 3.63. The molecular formula is C29H25Cl2FN4O3. The summed E-state index contributed by atoms with van der Waals surface area (Å²) in [5.41, 5.74) is 3.42. The minimum absolute atomic E-state index is 0.193. The molecule has 0 spiro atoms. The van der Waals surface area contributed by atoms with Gasteiger partial charge in [0.25, 0.3) is 5.91 Å². The van der Waals surface area contributed by atoms with Gasteiger partial charge in [0, 0.05) is 29.2 Å². The first-order valence-corrected chi connectivity index (χ1v) is 13.0. The van der Waals surface area contributed by atoms with Crippen LogP contribution in [0.1, 0.15) is 30.5 Å². The predicted octanol–water partition coefficient (Wildman–Crippen LogP) is 6.52. The molecule has 0 saturated carbocycles. The quantitative estimate of drug-likeness (QED) is 0.352. The van der Waals surface area contributed by atoms with E-state index in [-0.39, 0.29) is 6.61 Å². The van der Waals surface area contributed by atoms with E-state index in [4.69, 9.17) is 37.7 Å². The number of hydrogen-bond acceptors (Lipinski definition) is 6. The zero-order valence-corrected chi connectivity index (χ0v) is 22.7. The van der Waals surface area contributed by atoms with Gasteiger partial charge in [-0.3, -0.25) is 9.78 Å². The van der Waals surface area contributed by atoms with Gasteiger partial charge in [0.05, 0.1) is 35.2 Å². The topological polar surface area (TPSA) is 76.1 Å². The molecule has 5 rings (SSSR count). The number of benzodiazepines with no additional fused rings is 1. The second-order valence-corrected chi connectivity index (χ2v) is 9.80. The number of nitrogens with zero attached hydrogens (tertiary/aromatic N) is 3. The van der Waals surface area contributed by atoms with E-state index in [9.17, 15) is 9.18 Å². The van der Waals surface area contributed by atoms with Gasteiger partial charge in [-0.05, 0) is 55.3 Å². The van der Waals surface area contributed by atoms with Crippen molar-refractivity contribution in [2.24, 2.45) is 4.99 Å². The molecule has 2 aliphatic heterocycles. The summed E-state index contributed by atoms with van der Waals surface area (Å²) in [7, 11) is 0. The van der Waals surface area contributed by atoms with Gasteiger partial charge in [0.15, 0.2) is 6.23 Å². The Bertz CT molecular complexity index is 1490. The number of anilines is 1. The van der Waals surface area contributed by atoms with Gasteiger partial charge in [-0.25, -0.2) is 9.38 Å². The third kappa shape index (κ3) is 5.68. The number of para-hydroxylation sites is 1. The van der Waals surface area contributed by atoms with Crippen molar-refractivity contribution in [3.05, 3.63) is 111 Å². The number of hydrogen-bond donors (Lipinski definition) is 1. The number of nitrogens with one attached hydrogen (secondary N) is 1. The Morgan fingerprint density at radius 1 is 1.15 bits per heavy atom. The average molecular weight is 567 g/mol. The Hall–Kier alpha value is -3.72. The van der Waals surface area contributed by atoms with Gasteiger partial charge in [0.1, 0.15) is 11.6 Å². The molecule has 2 unspecified atom stereocenters. The smallest absolute Gasteiger partial charge is 0.269 e. The zero-order chi connectivity index (χ0) is 27.5. The number of ether oxygens (including phenoxy) is 2. The Morgan fingerprint density at radius 3 is 2.74 bits per heavy atom. The van der Waals surface area contributed by atoms with Crippen molar-refractivity contribution in [3.63, 3.8) is 0 Å². The van der Waals surface area contributed by atoms with E-state index in [2.05, 4.69) is 10.3 Å². The van der Waals surface area contributed by atoms with E-state index in [1.807, 2.05) is 25.1 Å². The monoisotopic (exact) mass is 566 g/mol. The highest BCUT2D eigenvalue weighted by Gasteiger charge is 2.37. The first-order chi connectivity index (χ1) is 18.9. The SMILES string of the molecule is CCOc1cc(Cl)cc(Cl)c1C1=NC(N2C=C(F)C=C(C)C2OCc2cccnc2)C(=O)Nc2ccccc21. The Balaban J connectivity index is 1.63. The third-order valence-corrected chi connectivity index (χ3v) is 6.71. The lowest BCUT2D eigenvalue weighted by atomic mass is 9.99. The van der Waals surface area contributed by atoms with Crippen molar-refractivity contribution in [3.8, 4) is 5.75 Å². The van der Waals surface area contributed by atoms with Crippen LogP contribution in [0.4, 0.5) is 10.1 Å². The molecule has 1 N–H and O–H groups in total. The lowest BCUT2D eigenvalue weighted by Gasteiger charge is -2.36. The summed E-state index contributed by atoms with van der Waals surface area (Å²) in [5.74, 6) is -0.578. The highest BCUT2D eigenvalue weighted by Crippen LogP contribution is 2.37. The van der Waals surface area contributed by atoms with Gasteiger partial charge < -0.3 is 19.7 Å². The molecule has 2 aliphatic rings. The van der Waals surface area contributed by atoms with Crippen molar-refractivity contribution < 1.29 is 18.7 Å². The van der Waals surface area contributed by atoms with E-state index < -0.39 is 24.1 Å². The molecule has 3 aromatic rings. The van der Waals surface area contributed by atoms with Crippen LogP contribution < -0.4 is 10.1 Å². The molecule has 7 nitrogen and oxygen atoms in total. The number of carbonyl (C=O) groups is 1. The molecule has 3 heterocycles. The number of allylic oxidation sites excluding steroid dienone is 2. The summed E-state index contributed by atoms with van der Waals surface area (Å²) >= 11 is 13.0. The van der Waals surface area contributed by atoms with Crippen LogP contribution in [0.25, 0.3) is 0 Å². The van der Waals surface area contributed by atoms with Gasteiger partial charge in [-0.2, -0.15) is 0 Å². The minimum atomic E-state index is -1.21. The molecule has 0 saturated heterocycles. The van der Waals surface area contributed by atoms with E-state index in [0.717, 1.165) is 5.56 Å². The van der Waals surface area contributed by atoms with Crippen LogP contribution in [0.2, 0.25) is 10.0 Å². The molecule has 1 amide bonds.